The molecule has 1 aromatic rings. The van der Waals surface area contributed by atoms with Gasteiger partial charge in [0.05, 0.1) is 0 Å². The third-order valence-corrected chi connectivity index (χ3v) is 6.14. The molecule has 2 N–H and O–H groups in total. The fraction of sp³-hybridized carbons (Fsp3) is 0.600. The van der Waals surface area contributed by atoms with E-state index in [2.05, 4.69) is 0 Å². The van der Waals surface area contributed by atoms with Crippen molar-refractivity contribution in [1.82, 2.24) is 4.31 Å². The van der Waals surface area contributed by atoms with Crippen LogP contribution in [0.1, 0.15) is 12.8 Å². The number of nitrogens with zero attached hydrogens (tertiary/aromatic N) is 1. The van der Waals surface area contributed by atoms with Crippen molar-refractivity contribution in [3.8, 4) is 0 Å². The fourth-order valence-corrected chi connectivity index (χ4v) is 4.67. The molecule has 0 amide bonds. The maximum atomic E-state index is 12.2. The number of thiophene rings is 1. The molecule has 0 radical (unpaired) electrons. The highest BCUT2D eigenvalue weighted by atomic mass is 32.2. The van der Waals surface area contributed by atoms with Gasteiger partial charge in [0.25, 0.3) is 10.0 Å². The van der Waals surface area contributed by atoms with Crippen molar-refractivity contribution in [1.29, 1.82) is 0 Å². The number of sulfonamides is 1. The Labute approximate surface area is 100 Å². The lowest BCUT2D eigenvalue weighted by atomic mass is 10.0. The van der Waals surface area contributed by atoms with Crippen LogP contribution in [0.3, 0.4) is 0 Å². The quantitative estimate of drug-likeness (QED) is 0.885. The molecule has 1 aliphatic heterocycles. The SMILES string of the molecule is NC[C@H]1CCCN(S(=O)(=O)c2cccs2)C1. The van der Waals surface area contributed by atoms with Crippen molar-refractivity contribution >= 4 is 21.4 Å². The van der Waals surface area contributed by atoms with Crippen LogP contribution in [-0.2, 0) is 10.0 Å². The van der Waals surface area contributed by atoms with Crippen LogP contribution in [0.5, 0.6) is 0 Å². The predicted octanol–water partition coefficient (Wildman–Crippen LogP) is 1.11. The summed E-state index contributed by atoms with van der Waals surface area (Å²) >= 11 is 1.27. The van der Waals surface area contributed by atoms with Gasteiger partial charge in [-0.3, -0.25) is 0 Å². The average molecular weight is 260 g/mol. The molecule has 1 aromatic heterocycles. The smallest absolute Gasteiger partial charge is 0.252 e. The van der Waals surface area contributed by atoms with Crippen LogP contribution in [0.25, 0.3) is 0 Å². The van der Waals surface area contributed by atoms with Gasteiger partial charge in [-0.15, -0.1) is 11.3 Å². The van der Waals surface area contributed by atoms with Crippen LogP contribution in [0, 0.1) is 5.92 Å². The number of hydrogen-bond donors (Lipinski definition) is 1. The monoisotopic (exact) mass is 260 g/mol. The topological polar surface area (TPSA) is 63.4 Å². The molecular formula is C10H16N2O2S2. The highest BCUT2D eigenvalue weighted by Gasteiger charge is 2.30. The van der Waals surface area contributed by atoms with E-state index in [0.29, 0.717) is 29.8 Å². The zero-order chi connectivity index (χ0) is 11.6. The molecule has 16 heavy (non-hydrogen) atoms. The van der Waals surface area contributed by atoms with Crippen molar-refractivity contribution < 1.29 is 8.42 Å². The summed E-state index contributed by atoms with van der Waals surface area (Å²) in [6.07, 6.45) is 1.94. The van der Waals surface area contributed by atoms with Gasteiger partial charge in [0.2, 0.25) is 0 Å². The van der Waals surface area contributed by atoms with E-state index >= 15 is 0 Å². The van der Waals surface area contributed by atoms with Gasteiger partial charge in [-0.25, -0.2) is 8.42 Å². The normalized spacial score (nSPS) is 23.4. The first kappa shape index (κ1) is 12.0. The minimum absolute atomic E-state index is 0.309. The van der Waals surface area contributed by atoms with Crippen molar-refractivity contribution in [2.24, 2.45) is 11.7 Å². The summed E-state index contributed by atoms with van der Waals surface area (Å²) in [5, 5.41) is 1.79. The minimum atomic E-state index is -3.27. The van der Waals surface area contributed by atoms with Crippen molar-refractivity contribution in [3.63, 3.8) is 0 Å². The summed E-state index contributed by atoms with van der Waals surface area (Å²) in [6, 6.07) is 3.42. The molecule has 0 saturated carbocycles. The van der Waals surface area contributed by atoms with Gasteiger partial charge in [-0.05, 0) is 36.8 Å². The lowest BCUT2D eigenvalue weighted by Gasteiger charge is -2.30. The highest BCUT2D eigenvalue weighted by molar-refractivity contribution is 7.91. The van der Waals surface area contributed by atoms with Crippen LogP contribution in [0.4, 0.5) is 0 Å². The first-order valence-electron chi connectivity index (χ1n) is 5.38. The molecule has 0 aliphatic carbocycles. The van der Waals surface area contributed by atoms with E-state index in [1.807, 2.05) is 0 Å². The molecule has 90 valence electrons. The molecule has 2 heterocycles. The number of piperidine rings is 1. The van der Waals surface area contributed by atoms with Crippen molar-refractivity contribution in [2.45, 2.75) is 17.1 Å². The summed E-state index contributed by atoms with van der Waals surface area (Å²) in [4.78, 5) is 0. The molecule has 0 spiro atoms. The van der Waals surface area contributed by atoms with E-state index in [1.54, 1.807) is 21.8 Å². The number of rotatable bonds is 3. The minimum Gasteiger partial charge on any atom is -0.330 e. The molecule has 1 aliphatic rings. The zero-order valence-electron chi connectivity index (χ0n) is 9.00. The average Bonchev–Trinajstić information content (AvgIpc) is 2.83. The Balaban J connectivity index is 2.18. The second-order valence-electron chi connectivity index (χ2n) is 4.04. The molecule has 1 fully saturated rings. The van der Waals surface area contributed by atoms with Gasteiger partial charge in [0.15, 0.2) is 0 Å². The second-order valence-corrected chi connectivity index (χ2v) is 7.15. The molecule has 1 saturated heterocycles. The molecular weight excluding hydrogens is 244 g/mol. The lowest BCUT2D eigenvalue weighted by Crippen LogP contribution is -2.41. The van der Waals surface area contributed by atoms with Gasteiger partial charge < -0.3 is 5.73 Å². The lowest BCUT2D eigenvalue weighted by molar-refractivity contribution is 0.272. The van der Waals surface area contributed by atoms with Gasteiger partial charge >= 0.3 is 0 Å². The molecule has 1 atom stereocenters. The maximum absolute atomic E-state index is 12.2. The standard InChI is InChI=1S/C10H16N2O2S2/c11-7-9-3-1-5-12(8-9)16(13,14)10-4-2-6-15-10/h2,4,6,9H,1,3,5,7-8,11H2/t9-/m1/s1. The van der Waals surface area contributed by atoms with Crippen LogP contribution in [0.15, 0.2) is 21.7 Å². The third-order valence-electron chi connectivity index (χ3n) is 2.90. The molecule has 2 rings (SSSR count). The number of nitrogens with two attached hydrogens (primary N) is 1. The second kappa shape index (κ2) is 4.83. The highest BCUT2D eigenvalue weighted by Crippen LogP contribution is 2.25. The molecule has 0 unspecified atom stereocenters. The summed E-state index contributed by atoms with van der Waals surface area (Å²) in [5.74, 6) is 0.309. The Kier molecular flexibility index (Phi) is 3.63. The van der Waals surface area contributed by atoms with E-state index in [9.17, 15) is 8.42 Å². The van der Waals surface area contributed by atoms with Gasteiger partial charge in [0.1, 0.15) is 4.21 Å². The summed E-state index contributed by atoms with van der Waals surface area (Å²) in [5.41, 5.74) is 5.61. The maximum Gasteiger partial charge on any atom is 0.252 e. The van der Waals surface area contributed by atoms with E-state index in [0.717, 1.165) is 12.8 Å². The molecule has 4 nitrogen and oxygen atoms in total. The van der Waals surface area contributed by atoms with Crippen LogP contribution in [-0.4, -0.2) is 32.4 Å². The largest absolute Gasteiger partial charge is 0.330 e. The van der Waals surface area contributed by atoms with Crippen LogP contribution in [0.2, 0.25) is 0 Å². The number of hydrogen-bond acceptors (Lipinski definition) is 4. The van der Waals surface area contributed by atoms with E-state index in [-0.39, 0.29) is 0 Å². The van der Waals surface area contributed by atoms with Crippen LogP contribution < -0.4 is 5.73 Å². The first-order valence-corrected chi connectivity index (χ1v) is 7.70. The Morgan fingerprint density at radius 1 is 1.56 bits per heavy atom. The van der Waals surface area contributed by atoms with E-state index in [1.165, 1.54) is 11.3 Å². The molecule has 6 heteroatoms. The van der Waals surface area contributed by atoms with Crippen LogP contribution >= 0.6 is 11.3 Å². The summed E-state index contributed by atoms with van der Waals surface area (Å²) in [7, 11) is -3.27. The Morgan fingerprint density at radius 2 is 2.38 bits per heavy atom. The Hall–Kier alpha value is -0.430. The van der Waals surface area contributed by atoms with Crippen molar-refractivity contribution in [2.75, 3.05) is 19.6 Å². The summed E-state index contributed by atoms with van der Waals surface area (Å²) < 4.78 is 26.4. The van der Waals surface area contributed by atoms with E-state index < -0.39 is 10.0 Å². The van der Waals surface area contributed by atoms with E-state index in [4.69, 9.17) is 5.73 Å². The predicted molar refractivity (Wildman–Crippen MR) is 64.9 cm³/mol. The van der Waals surface area contributed by atoms with Gasteiger partial charge in [-0.1, -0.05) is 6.07 Å². The zero-order valence-corrected chi connectivity index (χ0v) is 10.6. The fourth-order valence-electron chi connectivity index (χ4n) is 1.98. The summed E-state index contributed by atoms with van der Waals surface area (Å²) in [6.45, 7) is 1.75. The third kappa shape index (κ3) is 2.29. The van der Waals surface area contributed by atoms with Crippen molar-refractivity contribution in [3.05, 3.63) is 17.5 Å². The Bertz CT molecular complexity index is 428. The Morgan fingerprint density at radius 3 is 3.00 bits per heavy atom. The first-order chi connectivity index (χ1) is 7.64. The molecule has 0 aromatic carbocycles. The molecule has 0 bridgehead atoms. The van der Waals surface area contributed by atoms with Gasteiger partial charge in [0, 0.05) is 13.1 Å². The van der Waals surface area contributed by atoms with Gasteiger partial charge in [-0.2, -0.15) is 4.31 Å².